The molecular weight excluding hydrogens is 370 g/mol. The van der Waals surface area contributed by atoms with Gasteiger partial charge in [0.15, 0.2) is 0 Å². The molecule has 5 nitrogen and oxygen atoms in total. The lowest BCUT2D eigenvalue weighted by Gasteiger charge is -2.16. The van der Waals surface area contributed by atoms with E-state index in [4.69, 9.17) is 0 Å². The highest BCUT2D eigenvalue weighted by molar-refractivity contribution is 7.26. The first-order valence-corrected chi connectivity index (χ1v) is 9.97. The Labute approximate surface area is 166 Å². The molecule has 0 unspecified atom stereocenters. The Bertz CT molecular complexity index is 1290. The van der Waals surface area contributed by atoms with Crippen molar-refractivity contribution < 1.29 is 4.79 Å². The molecule has 0 saturated heterocycles. The van der Waals surface area contributed by atoms with E-state index >= 15 is 0 Å². The van der Waals surface area contributed by atoms with Gasteiger partial charge in [0, 0.05) is 15.8 Å². The zero-order valence-electron chi connectivity index (χ0n) is 16.2. The van der Waals surface area contributed by atoms with E-state index in [0.717, 1.165) is 37.3 Å². The number of benzene rings is 2. The molecule has 28 heavy (non-hydrogen) atoms. The maximum atomic E-state index is 13.2. The number of hydrogen-bond donors (Lipinski definition) is 1. The first-order chi connectivity index (χ1) is 13.4. The van der Waals surface area contributed by atoms with Crippen molar-refractivity contribution in [2.75, 3.05) is 5.32 Å². The van der Waals surface area contributed by atoms with Crippen molar-refractivity contribution in [1.82, 2.24) is 9.78 Å². The number of anilines is 1. The lowest BCUT2D eigenvalue weighted by Crippen LogP contribution is -2.34. The maximum absolute atomic E-state index is 13.2. The molecule has 2 aromatic heterocycles. The second-order valence-electron chi connectivity index (χ2n) is 7.12. The minimum Gasteiger partial charge on any atom is -0.324 e. The van der Waals surface area contributed by atoms with Crippen molar-refractivity contribution >= 4 is 43.1 Å². The molecule has 0 bridgehead atoms. The largest absolute Gasteiger partial charge is 0.324 e. The Morgan fingerprint density at radius 3 is 2.68 bits per heavy atom. The summed E-state index contributed by atoms with van der Waals surface area (Å²) in [6.45, 7) is 7.50. The SMILES string of the molecule is Cc1ccc(C)c(NC(=O)[C@H](C)n2nc(C)c3sc4ccccc4c3c2=O)c1. The summed E-state index contributed by atoms with van der Waals surface area (Å²) in [6, 6.07) is 13.0. The fourth-order valence-electron chi connectivity index (χ4n) is 3.36. The van der Waals surface area contributed by atoms with Crippen molar-refractivity contribution in [1.29, 1.82) is 0 Å². The molecule has 142 valence electrons. The summed E-state index contributed by atoms with van der Waals surface area (Å²) in [5, 5.41) is 8.94. The molecular formula is C22H21N3O2S. The molecule has 0 radical (unpaired) electrons. The molecule has 1 amide bonds. The van der Waals surface area contributed by atoms with Crippen LogP contribution in [0.4, 0.5) is 5.69 Å². The topological polar surface area (TPSA) is 64.0 Å². The number of nitrogens with zero attached hydrogens (tertiary/aromatic N) is 2. The first-order valence-electron chi connectivity index (χ1n) is 9.15. The summed E-state index contributed by atoms with van der Waals surface area (Å²) in [5.41, 5.74) is 3.31. The standard InChI is InChI=1S/C22H21N3O2S/c1-12-9-10-13(2)17(11-12)23-21(26)15(4)25-22(27)19-16-7-5-6-8-18(16)28-20(19)14(3)24-25/h5-11,15H,1-4H3,(H,23,26)/t15-/m0/s1. The normalized spacial score (nSPS) is 12.4. The van der Waals surface area contributed by atoms with Crippen molar-refractivity contribution in [2.24, 2.45) is 0 Å². The van der Waals surface area contributed by atoms with Gasteiger partial charge in [0.25, 0.3) is 5.56 Å². The van der Waals surface area contributed by atoms with Gasteiger partial charge in [-0.1, -0.05) is 30.3 Å². The molecule has 2 aromatic carbocycles. The Morgan fingerprint density at radius 1 is 1.14 bits per heavy atom. The minimum absolute atomic E-state index is 0.235. The van der Waals surface area contributed by atoms with Crippen LogP contribution >= 0.6 is 11.3 Å². The molecule has 1 atom stereocenters. The second kappa shape index (κ2) is 6.87. The van der Waals surface area contributed by atoms with E-state index < -0.39 is 6.04 Å². The molecule has 0 aliphatic carbocycles. The van der Waals surface area contributed by atoms with Gasteiger partial charge in [-0.05, 0) is 51.0 Å². The van der Waals surface area contributed by atoms with Crippen molar-refractivity contribution in [2.45, 2.75) is 33.7 Å². The van der Waals surface area contributed by atoms with Crippen LogP contribution in [0.1, 0.15) is 29.8 Å². The van der Waals surface area contributed by atoms with Gasteiger partial charge in [0.1, 0.15) is 6.04 Å². The highest BCUT2D eigenvalue weighted by atomic mass is 32.1. The number of carbonyl (C=O) groups is 1. The van der Waals surface area contributed by atoms with Gasteiger partial charge in [0.2, 0.25) is 5.91 Å². The van der Waals surface area contributed by atoms with E-state index in [2.05, 4.69) is 10.4 Å². The first kappa shape index (κ1) is 18.4. The predicted molar refractivity (Wildman–Crippen MR) is 115 cm³/mol. The maximum Gasteiger partial charge on any atom is 0.276 e. The highest BCUT2D eigenvalue weighted by Crippen LogP contribution is 2.33. The molecule has 1 N–H and O–H groups in total. The number of fused-ring (bicyclic) bond motifs is 3. The fourth-order valence-corrected chi connectivity index (χ4v) is 4.50. The van der Waals surface area contributed by atoms with Gasteiger partial charge < -0.3 is 5.32 Å². The van der Waals surface area contributed by atoms with Gasteiger partial charge in [-0.25, -0.2) is 4.68 Å². The van der Waals surface area contributed by atoms with Crippen LogP contribution in [0, 0.1) is 20.8 Å². The average molecular weight is 391 g/mol. The number of aryl methyl sites for hydroxylation is 3. The van der Waals surface area contributed by atoms with E-state index in [1.807, 2.05) is 63.2 Å². The third-order valence-corrected chi connectivity index (χ3v) is 6.28. The van der Waals surface area contributed by atoms with Crippen LogP contribution in [-0.2, 0) is 4.79 Å². The van der Waals surface area contributed by atoms with Crippen LogP contribution in [0.3, 0.4) is 0 Å². The summed E-state index contributed by atoms with van der Waals surface area (Å²) in [5.74, 6) is -0.262. The van der Waals surface area contributed by atoms with Crippen LogP contribution in [0.2, 0.25) is 0 Å². The molecule has 2 heterocycles. The molecule has 0 saturated carbocycles. The number of amides is 1. The van der Waals surface area contributed by atoms with Crippen molar-refractivity contribution in [3.8, 4) is 0 Å². The summed E-state index contributed by atoms with van der Waals surface area (Å²) in [7, 11) is 0. The average Bonchev–Trinajstić information content (AvgIpc) is 3.07. The number of carbonyl (C=O) groups excluding carboxylic acids is 1. The molecule has 0 aliphatic rings. The zero-order valence-corrected chi connectivity index (χ0v) is 17.1. The Kier molecular flexibility index (Phi) is 4.51. The van der Waals surface area contributed by atoms with Crippen LogP contribution < -0.4 is 10.9 Å². The second-order valence-corrected chi connectivity index (χ2v) is 8.17. The quantitative estimate of drug-likeness (QED) is 0.549. The van der Waals surface area contributed by atoms with Crippen LogP contribution in [0.15, 0.2) is 47.3 Å². The van der Waals surface area contributed by atoms with Crippen molar-refractivity contribution in [3.63, 3.8) is 0 Å². The van der Waals surface area contributed by atoms with Gasteiger partial charge in [-0.15, -0.1) is 11.3 Å². The molecule has 0 fully saturated rings. The van der Waals surface area contributed by atoms with E-state index in [0.29, 0.717) is 5.39 Å². The van der Waals surface area contributed by atoms with Crippen molar-refractivity contribution in [3.05, 3.63) is 69.6 Å². The fraction of sp³-hybridized carbons (Fsp3) is 0.227. The van der Waals surface area contributed by atoms with Crippen LogP contribution in [0.25, 0.3) is 20.2 Å². The smallest absolute Gasteiger partial charge is 0.276 e. The van der Waals surface area contributed by atoms with E-state index in [9.17, 15) is 9.59 Å². The minimum atomic E-state index is -0.728. The third kappa shape index (κ3) is 2.99. The lowest BCUT2D eigenvalue weighted by molar-refractivity contribution is -0.119. The van der Waals surface area contributed by atoms with Gasteiger partial charge in [0.05, 0.1) is 15.8 Å². The van der Waals surface area contributed by atoms with Gasteiger partial charge >= 0.3 is 0 Å². The van der Waals surface area contributed by atoms with E-state index in [1.54, 1.807) is 18.3 Å². The molecule has 0 aliphatic heterocycles. The Hall–Kier alpha value is -2.99. The molecule has 0 spiro atoms. The Morgan fingerprint density at radius 2 is 1.89 bits per heavy atom. The molecule has 6 heteroatoms. The molecule has 4 rings (SSSR count). The number of aromatic nitrogens is 2. The summed E-state index contributed by atoms with van der Waals surface area (Å²) in [4.78, 5) is 26.1. The third-order valence-electron chi connectivity index (χ3n) is 5.00. The number of rotatable bonds is 3. The van der Waals surface area contributed by atoms with Crippen LogP contribution in [-0.4, -0.2) is 15.7 Å². The summed E-state index contributed by atoms with van der Waals surface area (Å²) >= 11 is 1.56. The number of thiophene rings is 1. The van der Waals surface area contributed by atoms with Crippen LogP contribution in [0.5, 0.6) is 0 Å². The number of hydrogen-bond acceptors (Lipinski definition) is 4. The highest BCUT2D eigenvalue weighted by Gasteiger charge is 2.22. The summed E-state index contributed by atoms with van der Waals surface area (Å²) in [6.07, 6.45) is 0. The van der Waals surface area contributed by atoms with Gasteiger partial charge in [-0.2, -0.15) is 5.10 Å². The Balaban J connectivity index is 1.79. The molecule has 4 aromatic rings. The van der Waals surface area contributed by atoms with Gasteiger partial charge in [-0.3, -0.25) is 9.59 Å². The zero-order chi connectivity index (χ0) is 20.0. The predicted octanol–water partition coefficient (Wildman–Crippen LogP) is 4.74. The van der Waals surface area contributed by atoms with E-state index in [-0.39, 0.29) is 11.5 Å². The number of nitrogens with one attached hydrogen (secondary N) is 1. The summed E-state index contributed by atoms with van der Waals surface area (Å²) < 4.78 is 3.23. The van der Waals surface area contributed by atoms with E-state index in [1.165, 1.54) is 4.68 Å². The lowest BCUT2D eigenvalue weighted by atomic mass is 10.1. The monoisotopic (exact) mass is 391 g/mol.